The molecule has 0 radical (unpaired) electrons. The summed E-state index contributed by atoms with van der Waals surface area (Å²) in [6, 6.07) is 8.76. The van der Waals surface area contributed by atoms with E-state index in [0.717, 1.165) is 12.3 Å². The van der Waals surface area contributed by atoms with E-state index in [0.29, 0.717) is 5.38 Å². The smallest absolute Gasteiger partial charge is 0.0404 e. The van der Waals surface area contributed by atoms with Gasteiger partial charge in [0, 0.05) is 5.38 Å². The second-order valence-electron chi connectivity index (χ2n) is 4.75. The highest BCUT2D eigenvalue weighted by Gasteiger charge is 2.23. The van der Waals surface area contributed by atoms with Crippen LogP contribution in [0.1, 0.15) is 36.8 Å². The Morgan fingerprint density at radius 3 is 2.40 bits per heavy atom. The van der Waals surface area contributed by atoms with Gasteiger partial charge in [0.25, 0.3) is 0 Å². The van der Waals surface area contributed by atoms with E-state index in [9.17, 15) is 0 Å². The van der Waals surface area contributed by atoms with Gasteiger partial charge in [0.1, 0.15) is 0 Å². The average Bonchev–Trinajstić information content (AvgIpc) is 2.74. The Balaban J connectivity index is 1.92. The van der Waals surface area contributed by atoms with Gasteiger partial charge in [-0.3, -0.25) is 0 Å². The minimum atomic E-state index is 0.343. The third-order valence-corrected chi connectivity index (χ3v) is 3.97. The van der Waals surface area contributed by atoms with Gasteiger partial charge >= 0.3 is 0 Å². The summed E-state index contributed by atoms with van der Waals surface area (Å²) in [6.45, 7) is 2.12. The van der Waals surface area contributed by atoms with E-state index in [-0.39, 0.29) is 0 Å². The van der Waals surface area contributed by atoms with Gasteiger partial charge in [-0.1, -0.05) is 42.7 Å². The van der Waals surface area contributed by atoms with Crippen LogP contribution < -0.4 is 0 Å². The molecule has 1 heteroatoms. The number of rotatable bonds is 3. The molecule has 2 rings (SSSR count). The molecule has 1 aromatic carbocycles. The molecule has 82 valence electrons. The first-order valence-corrected chi connectivity index (χ1v) is 6.39. The standard InChI is InChI=1S/C14H19Cl/c1-11-6-8-12(9-7-11)10-14(15)13-4-2-3-5-13/h6-9,13-14H,2-5,10H2,1H3. The van der Waals surface area contributed by atoms with Crippen molar-refractivity contribution >= 4 is 11.6 Å². The molecule has 0 heterocycles. The Morgan fingerprint density at radius 1 is 1.20 bits per heavy atom. The van der Waals surface area contributed by atoms with Crippen molar-refractivity contribution in [3.8, 4) is 0 Å². The van der Waals surface area contributed by atoms with E-state index >= 15 is 0 Å². The molecule has 0 aromatic heterocycles. The molecule has 0 spiro atoms. The van der Waals surface area contributed by atoms with Crippen molar-refractivity contribution in [2.75, 3.05) is 0 Å². The lowest BCUT2D eigenvalue weighted by Gasteiger charge is -2.16. The van der Waals surface area contributed by atoms with E-state index in [1.165, 1.54) is 36.8 Å². The zero-order valence-corrected chi connectivity index (χ0v) is 10.1. The molecule has 0 amide bonds. The lowest BCUT2D eigenvalue weighted by atomic mass is 9.97. The fourth-order valence-electron chi connectivity index (χ4n) is 2.44. The molecule has 1 aliphatic rings. The largest absolute Gasteiger partial charge is 0.122 e. The summed E-state index contributed by atoms with van der Waals surface area (Å²) >= 11 is 6.46. The quantitative estimate of drug-likeness (QED) is 0.668. The number of alkyl halides is 1. The molecule has 1 atom stereocenters. The molecule has 0 saturated heterocycles. The van der Waals surface area contributed by atoms with E-state index < -0.39 is 0 Å². The second kappa shape index (κ2) is 5.03. The van der Waals surface area contributed by atoms with Crippen LogP contribution in [0.25, 0.3) is 0 Å². The first-order valence-electron chi connectivity index (χ1n) is 5.95. The first kappa shape index (κ1) is 11.0. The Kier molecular flexibility index (Phi) is 3.69. The number of hydrogen-bond acceptors (Lipinski definition) is 0. The Labute approximate surface area is 97.6 Å². The van der Waals surface area contributed by atoms with Gasteiger partial charge in [-0.25, -0.2) is 0 Å². The minimum Gasteiger partial charge on any atom is -0.122 e. The Morgan fingerprint density at radius 2 is 1.80 bits per heavy atom. The summed E-state index contributed by atoms with van der Waals surface area (Å²) in [4.78, 5) is 0. The molecule has 1 saturated carbocycles. The van der Waals surface area contributed by atoms with Crippen LogP contribution in [0.15, 0.2) is 24.3 Å². The highest BCUT2D eigenvalue weighted by Crippen LogP contribution is 2.32. The minimum absolute atomic E-state index is 0.343. The number of aryl methyl sites for hydroxylation is 1. The lowest BCUT2D eigenvalue weighted by Crippen LogP contribution is -2.14. The van der Waals surface area contributed by atoms with Crippen LogP contribution in [0.2, 0.25) is 0 Å². The maximum atomic E-state index is 6.46. The van der Waals surface area contributed by atoms with Gasteiger partial charge in [-0.05, 0) is 37.7 Å². The van der Waals surface area contributed by atoms with Crippen LogP contribution in [-0.2, 0) is 6.42 Å². The maximum Gasteiger partial charge on any atom is 0.0404 e. The zero-order chi connectivity index (χ0) is 10.7. The molecule has 1 unspecified atom stereocenters. The van der Waals surface area contributed by atoms with Crippen molar-refractivity contribution in [1.82, 2.24) is 0 Å². The topological polar surface area (TPSA) is 0 Å². The first-order chi connectivity index (χ1) is 7.25. The predicted octanol–water partition coefficient (Wildman–Crippen LogP) is 4.34. The molecular formula is C14H19Cl. The average molecular weight is 223 g/mol. The van der Waals surface area contributed by atoms with Gasteiger partial charge < -0.3 is 0 Å². The van der Waals surface area contributed by atoms with Gasteiger partial charge in [0.05, 0.1) is 0 Å². The van der Waals surface area contributed by atoms with Gasteiger partial charge in [-0.15, -0.1) is 11.6 Å². The van der Waals surface area contributed by atoms with Gasteiger partial charge in [-0.2, -0.15) is 0 Å². The molecule has 1 fully saturated rings. The number of benzene rings is 1. The Bertz CT molecular complexity index is 296. The molecule has 0 aliphatic heterocycles. The maximum absolute atomic E-state index is 6.46. The second-order valence-corrected chi connectivity index (χ2v) is 5.31. The van der Waals surface area contributed by atoms with Crippen LogP contribution >= 0.6 is 11.6 Å². The lowest BCUT2D eigenvalue weighted by molar-refractivity contribution is 0.512. The van der Waals surface area contributed by atoms with E-state index in [4.69, 9.17) is 11.6 Å². The van der Waals surface area contributed by atoms with Crippen LogP contribution in [0.4, 0.5) is 0 Å². The molecule has 15 heavy (non-hydrogen) atoms. The fourth-order valence-corrected chi connectivity index (χ4v) is 2.87. The van der Waals surface area contributed by atoms with Gasteiger partial charge in [0.2, 0.25) is 0 Å². The van der Waals surface area contributed by atoms with Crippen LogP contribution in [0, 0.1) is 12.8 Å². The summed E-state index contributed by atoms with van der Waals surface area (Å²) in [6.07, 6.45) is 6.45. The SMILES string of the molecule is Cc1ccc(CC(Cl)C2CCCC2)cc1. The van der Waals surface area contributed by atoms with Crippen LogP contribution in [0.3, 0.4) is 0 Å². The summed E-state index contributed by atoms with van der Waals surface area (Å²) in [5, 5.41) is 0.343. The van der Waals surface area contributed by atoms with E-state index in [1.807, 2.05) is 0 Å². The van der Waals surface area contributed by atoms with Crippen molar-refractivity contribution in [2.24, 2.45) is 5.92 Å². The monoisotopic (exact) mass is 222 g/mol. The van der Waals surface area contributed by atoms with Crippen LogP contribution in [-0.4, -0.2) is 5.38 Å². The summed E-state index contributed by atoms with van der Waals surface area (Å²) < 4.78 is 0. The number of hydrogen-bond donors (Lipinski definition) is 0. The summed E-state index contributed by atoms with van der Waals surface area (Å²) in [7, 11) is 0. The molecule has 0 nitrogen and oxygen atoms in total. The highest BCUT2D eigenvalue weighted by atomic mass is 35.5. The van der Waals surface area contributed by atoms with Gasteiger partial charge in [0.15, 0.2) is 0 Å². The van der Waals surface area contributed by atoms with E-state index in [2.05, 4.69) is 31.2 Å². The van der Waals surface area contributed by atoms with Crippen molar-refractivity contribution in [2.45, 2.75) is 44.4 Å². The third-order valence-electron chi connectivity index (χ3n) is 3.46. The van der Waals surface area contributed by atoms with Crippen molar-refractivity contribution in [3.63, 3.8) is 0 Å². The van der Waals surface area contributed by atoms with Crippen molar-refractivity contribution in [1.29, 1.82) is 0 Å². The molecule has 0 N–H and O–H groups in total. The molecule has 1 aliphatic carbocycles. The molecule has 1 aromatic rings. The highest BCUT2D eigenvalue weighted by molar-refractivity contribution is 6.20. The third kappa shape index (κ3) is 2.98. The fraction of sp³-hybridized carbons (Fsp3) is 0.571. The summed E-state index contributed by atoms with van der Waals surface area (Å²) in [5.74, 6) is 0.757. The van der Waals surface area contributed by atoms with Crippen molar-refractivity contribution < 1.29 is 0 Å². The normalized spacial score (nSPS) is 19.3. The van der Waals surface area contributed by atoms with Crippen molar-refractivity contribution in [3.05, 3.63) is 35.4 Å². The van der Waals surface area contributed by atoms with Crippen LogP contribution in [0.5, 0.6) is 0 Å². The Hall–Kier alpha value is -0.490. The molecule has 0 bridgehead atoms. The van der Waals surface area contributed by atoms with E-state index in [1.54, 1.807) is 0 Å². The zero-order valence-electron chi connectivity index (χ0n) is 9.38. The molecular weight excluding hydrogens is 204 g/mol. The predicted molar refractivity (Wildman–Crippen MR) is 66.5 cm³/mol. The summed E-state index contributed by atoms with van der Waals surface area (Å²) in [5.41, 5.74) is 2.71. The number of halogens is 1.